The average Bonchev–Trinajstić information content (AvgIpc) is 3.47. The van der Waals surface area contributed by atoms with Gasteiger partial charge in [-0.3, -0.25) is 14.4 Å². The highest BCUT2D eigenvalue weighted by molar-refractivity contribution is 6.01. The number of hydrogen-bond acceptors (Lipinski definition) is 5. The number of benzene rings is 1. The minimum absolute atomic E-state index is 0.106. The zero-order chi connectivity index (χ0) is 24.1. The van der Waals surface area contributed by atoms with Crippen LogP contribution in [0.5, 0.6) is 0 Å². The number of anilines is 1. The fourth-order valence-electron chi connectivity index (χ4n) is 6.00. The van der Waals surface area contributed by atoms with Crippen molar-refractivity contribution < 1.29 is 24.2 Å². The lowest BCUT2D eigenvalue weighted by atomic mass is 9.70. The van der Waals surface area contributed by atoms with Crippen molar-refractivity contribution >= 4 is 23.4 Å². The van der Waals surface area contributed by atoms with Crippen molar-refractivity contribution in [3.63, 3.8) is 0 Å². The van der Waals surface area contributed by atoms with Gasteiger partial charge in [0.15, 0.2) is 0 Å². The summed E-state index contributed by atoms with van der Waals surface area (Å²) in [6.07, 6.45) is 6.00. The third-order valence-corrected chi connectivity index (χ3v) is 7.53. The van der Waals surface area contributed by atoms with Crippen LogP contribution in [-0.2, 0) is 19.1 Å². The lowest BCUT2D eigenvalue weighted by molar-refractivity contribution is -0.141. The fourth-order valence-corrected chi connectivity index (χ4v) is 6.00. The molecule has 0 aromatic heterocycles. The molecule has 0 radical (unpaired) electrons. The quantitative estimate of drug-likeness (QED) is 0.406. The first kappa shape index (κ1) is 24.7. The molecular weight excluding hydrogens is 434 g/mol. The van der Waals surface area contributed by atoms with Gasteiger partial charge in [-0.25, -0.2) is 0 Å². The molecule has 3 heterocycles. The summed E-state index contributed by atoms with van der Waals surface area (Å²) in [5, 5.41) is 15.1. The van der Waals surface area contributed by atoms with E-state index in [4.69, 9.17) is 9.84 Å². The molecule has 8 nitrogen and oxygen atoms in total. The monoisotopic (exact) mass is 471 g/mol. The molecule has 2 bridgehead atoms. The van der Waals surface area contributed by atoms with Gasteiger partial charge < -0.3 is 25.4 Å². The number of carbonyl (C=O) groups is 3. The molecule has 3 aliphatic heterocycles. The fraction of sp³-hybridized carbons (Fsp3) is 0.654. The van der Waals surface area contributed by atoms with E-state index in [0.717, 1.165) is 25.7 Å². The third-order valence-electron chi connectivity index (χ3n) is 7.53. The first-order valence-electron chi connectivity index (χ1n) is 12.8. The molecule has 8 heteroatoms. The normalized spacial score (nSPS) is 29.4. The number of hydrogen-bond donors (Lipinski definition) is 3. The number of likely N-dealkylation sites (tertiary alicyclic amines) is 1. The van der Waals surface area contributed by atoms with Crippen molar-refractivity contribution in [2.24, 2.45) is 11.8 Å². The van der Waals surface area contributed by atoms with Crippen LogP contribution in [-0.4, -0.2) is 65.2 Å². The van der Waals surface area contributed by atoms with Crippen molar-refractivity contribution in [3.8, 4) is 0 Å². The smallest absolute Gasteiger partial charge is 0.245 e. The lowest BCUT2D eigenvalue weighted by Crippen LogP contribution is -2.55. The van der Waals surface area contributed by atoms with E-state index < -0.39 is 23.5 Å². The van der Waals surface area contributed by atoms with E-state index in [-0.39, 0.29) is 30.4 Å². The summed E-state index contributed by atoms with van der Waals surface area (Å²) in [5.41, 5.74) is -0.271. The Morgan fingerprint density at radius 3 is 2.65 bits per heavy atom. The summed E-state index contributed by atoms with van der Waals surface area (Å²) in [6, 6.07) is 8.49. The van der Waals surface area contributed by atoms with Crippen LogP contribution < -0.4 is 10.6 Å². The minimum atomic E-state index is -0.952. The summed E-state index contributed by atoms with van der Waals surface area (Å²) >= 11 is 0. The number of rotatable bonds is 12. The Bertz CT molecular complexity index is 878. The SMILES string of the molecule is CCCCCNC(=O)C1N(CCCCCO)C(=O)[C@@H]2[C@H](C(=O)Nc3ccccc3)[C@@H]3CCC12O3. The van der Waals surface area contributed by atoms with Crippen molar-refractivity contribution in [3.05, 3.63) is 30.3 Å². The van der Waals surface area contributed by atoms with Gasteiger partial charge in [0.2, 0.25) is 17.7 Å². The zero-order valence-electron chi connectivity index (χ0n) is 20.0. The number of nitrogens with one attached hydrogen (secondary N) is 2. The molecule has 1 spiro atoms. The molecule has 3 amide bonds. The number of unbranched alkanes of at least 4 members (excludes halogenated alkanes) is 4. The van der Waals surface area contributed by atoms with Gasteiger partial charge in [0.25, 0.3) is 0 Å². The summed E-state index contributed by atoms with van der Waals surface area (Å²) in [7, 11) is 0. The number of ether oxygens (including phenoxy) is 1. The van der Waals surface area contributed by atoms with Crippen LogP contribution in [0, 0.1) is 11.8 Å². The molecule has 186 valence electrons. The van der Waals surface area contributed by atoms with Crippen LogP contribution in [0.25, 0.3) is 0 Å². The van der Waals surface area contributed by atoms with E-state index in [1.807, 2.05) is 30.3 Å². The molecule has 4 rings (SSSR count). The second-order valence-corrected chi connectivity index (χ2v) is 9.73. The average molecular weight is 472 g/mol. The number of aliphatic hydroxyl groups excluding tert-OH is 1. The van der Waals surface area contributed by atoms with Gasteiger partial charge in [-0.05, 0) is 50.7 Å². The molecule has 3 fully saturated rings. The van der Waals surface area contributed by atoms with Crippen LogP contribution in [0.1, 0.15) is 58.3 Å². The second-order valence-electron chi connectivity index (χ2n) is 9.73. The predicted molar refractivity (Wildman–Crippen MR) is 128 cm³/mol. The van der Waals surface area contributed by atoms with E-state index in [9.17, 15) is 14.4 Å². The molecule has 3 saturated heterocycles. The molecule has 2 unspecified atom stereocenters. The Morgan fingerprint density at radius 2 is 1.91 bits per heavy atom. The van der Waals surface area contributed by atoms with Crippen LogP contribution in [0.2, 0.25) is 0 Å². The number of fused-ring (bicyclic) bond motifs is 1. The van der Waals surface area contributed by atoms with Crippen LogP contribution in [0.15, 0.2) is 30.3 Å². The molecule has 1 aromatic rings. The molecule has 5 atom stereocenters. The molecule has 3 aliphatic rings. The molecule has 3 N–H and O–H groups in total. The van der Waals surface area contributed by atoms with Crippen molar-refractivity contribution in [2.45, 2.75) is 76.0 Å². The van der Waals surface area contributed by atoms with E-state index in [0.29, 0.717) is 44.5 Å². The molecule has 1 aromatic carbocycles. The van der Waals surface area contributed by atoms with Gasteiger partial charge in [-0.1, -0.05) is 38.0 Å². The van der Waals surface area contributed by atoms with Crippen molar-refractivity contribution in [1.82, 2.24) is 10.2 Å². The maximum atomic E-state index is 13.7. The topological polar surface area (TPSA) is 108 Å². The summed E-state index contributed by atoms with van der Waals surface area (Å²) in [6.45, 7) is 3.21. The molecule has 34 heavy (non-hydrogen) atoms. The zero-order valence-corrected chi connectivity index (χ0v) is 20.0. The highest BCUT2D eigenvalue weighted by Gasteiger charge is 2.74. The van der Waals surface area contributed by atoms with Gasteiger partial charge in [0.05, 0.1) is 17.9 Å². The van der Waals surface area contributed by atoms with Crippen molar-refractivity contribution in [2.75, 3.05) is 25.0 Å². The summed E-state index contributed by atoms with van der Waals surface area (Å²) in [4.78, 5) is 42.1. The maximum Gasteiger partial charge on any atom is 0.245 e. The van der Waals surface area contributed by atoms with Crippen LogP contribution in [0.3, 0.4) is 0 Å². The third kappa shape index (κ3) is 4.58. The molecule has 0 saturated carbocycles. The Hall–Kier alpha value is -2.45. The maximum absolute atomic E-state index is 13.7. The summed E-state index contributed by atoms with van der Waals surface area (Å²) < 4.78 is 6.42. The second kappa shape index (κ2) is 10.9. The highest BCUT2D eigenvalue weighted by atomic mass is 16.5. The van der Waals surface area contributed by atoms with Gasteiger partial charge in [0, 0.05) is 25.4 Å². The predicted octanol–water partition coefficient (Wildman–Crippen LogP) is 2.47. The van der Waals surface area contributed by atoms with Crippen molar-refractivity contribution in [1.29, 1.82) is 0 Å². The standard InChI is InChI=1S/C26H37N3O5/c1-2-3-8-15-27-24(32)22-26-14-13-19(34-26)20(23(31)28-18-11-6-4-7-12-18)21(26)25(33)29(22)16-9-5-10-17-30/h4,6-7,11-12,19-22,30H,2-3,5,8-10,13-17H2,1H3,(H,27,32)(H,28,31)/t19-,20+,21-,22?,26?/m0/s1. The molecule has 0 aliphatic carbocycles. The van der Waals surface area contributed by atoms with Gasteiger partial charge in [-0.2, -0.15) is 0 Å². The van der Waals surface area contributed by atoms with Crippen LogP contribution >= 0.6 is 0 Å². The first-order chi connectivity index (χ1) is 16.5. The number of nitrogens with zero attached hydrogens (tertiary/aromatic N) is 1. The van der Waals surface area contributed by atoms with E-state index >= 15 is 0 Å². The van der Waals surface area contributed by atoms with E-state index in [2.05, 4.69) is 17.6 Å². The van der Waals surface area contributed by atoms with E-state index in [1.54, 1.807) is 4.90 Å². The number of amides is 3. The minimum Gasteiger partial charge on any atom is -0.396 e. The first-order valence-corrected chi connectivity index (χ1v) is 12.8. The Balaban J connectivity index is 1.56. The van der Waals surface area contributed by atoms with Gasteiger partial charge in [-0.15, -0.1) is 0 Å². The number of para-hydroxylation sites is 1. The van der Waals surface area contributed by atoms with Gasteiger partial charge in [0.1, 0.15) is 11.6 Å². The molecular formula is C26H37N3O5. The summed E-state index contributed by atoms with van der Waals surface area (Å²) in [5.74, 6) is -1.83. The number of carbonyl (C=O) groups excluding carboxylic acids is 3. The Labute approximate surface area is 201 Å². The lowest BCUT2D eigenvalue weighted by Gasteiger charge is -2.33. The van der Waals surface area contributed by atoms with Gasteiger partial charge >= 0.3 is 0 Å². The van der Waals surface area contributed by atoms with Crippen LogP contribution in [0.4, 0.5) is 5.69 Å². The Morgan fingerprint density at radius 1 is 1.12 bits per heavy atom. The van der Waals surface area contributed by atoms with E-state index in [1.165, 1.54) is 0 Å². The highest BCUT2D eigenvalue weighted by Crippen LogP contribution is 2.58. The number of aliphatic hydroxyl groups is 1. The largest absolute Gasteiger partial charge is 0.396 e. The Kier molecular flexibility index (Phi) is 7.88.